The third kappa shape index (κ3) is 7.72. The van der Waals surface area contributed by atoms with E-state index < -0.39 is 6.61 Å². The zero-order valence-electron chi connectivity index (χ0n) is 14.7. The number of aryl methyl sites for hydroxylation is 1. The summed E-state index contributed by atoms with van der Waals surface area (Å²) >= 11 is 0. The number of alkyl halides is 2. The second-order valence-electron chi connectivity index (χ2n) is 5.44. The van der Waals surface area contributed by atoms with Gasteiger partial charge in [0.1, 0.15) is 18.1 Å². The Morgan fingerprint density at radius 2 is 2.04 bits per heavy atom. The largest absolute Gasteiger partial charge is 0.492 e. The Morgan fingerprint density at radius 3 is 2.81 bits per heavy atom. The minimum Gasteiger partial charge on any atom is -0.492 e. The van der Waals surface area contributed by atoms with Crippen molar-refractivity contribution in [2.45, 2.75) is 13.5 Å². The van der Waals surface area contributed by atoms with Gasteiger partial charge in [0.25, 0.3) is 5.91 Å². The molecule has 2 aromatic carbocycles. The number of hydrogen-bond acceptors (Lipinski definition) is 5. The van der Waals surface area contributed by atoms with Crippen molar-refractivity contribution in [1.29, 1.82) is 0 Å². The van der Waals surface area contributed by atoms with Gasteiger partial charge in [0.15, 0.2) is 6.61 Å². The van der Waals surface area contributed by atoms with Crippen LogP contribution >= 0.6 is 0 Å². The van der Waals surface area contributed by atoms with Crippen molar-refractivity contribution < 1.29 is 27.9 Å². The first-order valence-corrected chi connectivity index (χ1v) is 8.20. The molecule has 144 valence electrons. The zero-order chi connectivity index (χ0) is 19.5. The second kappa shape index (κ2) is 10.7. The maximum absolute atomic E-state index is 12.3. The predicted octanol–water partition coefficient (Wildman–Crippen LogP) is 3.14. The topological polar surface area (TPSA) is 69.2 Å². The maximum Gasteiger partial charge on any atom is 0.387 e. The van der Waals surface area contributed by atoms with E-state index in [9.17, 15) is 13.6 Å². The van der Waals surface area contributed by atoms with Crippen molar-refractivity contribution in [3.8, 4) is 11.5 Å². The number of carbonyl (C=O) groups excluding carboxylic acids is 1. The van der Waals surface area contributed by atoms with Gasteiger partial charge in [-0.1, -0.05) is 29.4 Å². The van der Waals surface area contributed by atoms with E-state index in [0.717, 1.165) is 11.3 Å². The van der Waals surface area contributed by atoms with Gasteiger partial charge in [0, 0.05) is 5.56 Å². The molecular weight excluding hydrogens is 358 g/mol. The Balaban J connectivity index is 1.66. The molecule has 0 atom stereocenters. The van der Waals surface area contributed by atoms with E-state index in [1.54, 1.807) is 12.1 Å². The van der Waals surface area contributed by atoms with Gasteiger partial charge < -0.3 is 19.6 Å². The quantitative estimate of drug-likeness (QED) is 0.392. The van der Waals surface area contributed by atoms with Crippen LogP contribution in [0.15, 0.2) is 53.7 Å². The number of halogens is 2. The number of rotatable bonds is 10. The molecule has 1 amide bonds. The molecule has 8 heteroatoms. The fourth-order valence-electron chi connectivity index (χ4n) is 2.10. The van der Waals surface area contributed by atoms with Crippen LogP contribution in [0.1, 0.15) is 11.1 Å². The highest BCUT2D eigenvalue weighted by Crippen LogP contribution is 2.18. The van der Waals surface area contributed by atoms with Gasteiger partial charge in [-0.2, -0.15) is 8.78 Å². The summed E-state index contributed by atoms with van der Waals surface area (Å²) in [5, 5.41) is 6.21. The number of para-hydroxylation sites is 1. The fraction of sp³-hybridized carbons (Fsp3) is 0.263. The highest BCUT2D eigenvalue weighted by Gasteiger charge is 2.07. The molecule has 0 aliphatic rings. The van der Waals surface area contributed by atoms with E-state index in [2.05, 4.69) is 15.2 Å². The predicted molar refractivity (Wildman–Crippen MR) is 96.3 cm³/mol. The van der Waals surface area contributed by atoms with Crippen molar-refractivity contribution >= 4 is 12.1 Å². The molecule has 0 radical (unpaired) electrons. The van der Waals surface area contributed by atoms with E-state index >= 15 is 0 Å². The number of hydrogen-bond donors (Lipinski definition) is 1. The third-order valence-corrected chi connectivity index (χ3v) is 3.28. The number of benzene rings is 2. The lowest BCUT2D eigenvalue weighted by Crippen LogP contribution is -2.30. The lowest BCUT2D eigenvalue weighted by molar-refractivity contribution is -0.125. The van der Waals surface area contributed by atoms with Crippen molar-refractivity contribution in [2.75, 3.05) is 19.8 Å². The van der Waals surface area contributed by atoms with Crippen LogP contribution in [0.4, 0.5) is 8.78 Å². The molecule has 0 spiro atoms. The Kier molecular flexibility index (Phi) is 8.02. The summed E-state index contributed by atoms with van der Waals surface area (Å²) in [5.74, 6) is 0.324. The maximum atomic E-state index is 12.3. The van der Waals surface area contributed by atoms with Crippen LogP contribution in [-0.4, -0.2) is 38.5 Å². The van der Waals surface area contributed by atoms with Crippen LogP contribution < -0.4 is 14.8 Å². The first kappa shape index (κ1) is 20.2. The summed E-state index contributed by atoms with van der Waals surface area (Å²) in [4.78, 5) is 16.5. The smallest absolute Gasteiger partial charge is 0.387 e. The van der Waals surface area contributed by atoms with Gasteiger partial charge in [0.05, 0.1) is 12.8 Å². The molecule has 6 nitrogen and oxygen atoms in total. The molecule has 0 heterocycles. The second-order valence-corrected chi connectivity index (χ2v) is 5.44. The van der Waals surface area contributed by atoms with Crippen LogP contribution in [-0.2, 0) is 9.63 Å². The molecule has 0 saturated carbocycles. The lowest BCUT2D eigenvalue weighted by atomic mass is 10.2. The van der Waals surface area contributed by atoms with Crippen LogP contribution in [0.2, 0.25) is 0 Å². The van der Waals surface area contributed by atoms with Gasteiger partial charge in [0.2, 0.25) is 0 Å². The molecular formula is C19H20F2N2O4. The number of oxime groups is 1. The number of carbonyl (C=O) groups is 1. The molecule has 0 saturated heterocycles. The van der Waals surface area contributed by atoms with E-state index in [1.807, 2.05) is 31.2 Å². The van der Waals surface area contributed by atoms with Gasteiger partial charge in [-0.3, -0.25) is 4.79 Å². The first-order chi connectivity index (χ1) is 13.0. The van der Waals surface area contributed by atoms with Gasteiger partial charge >= 0.3 is 6.61 Å². The summed E-state index contributed by atoms with van der Waals surface area (Å²) < 4.78 is 34.5. The van der Waals surface area contributed by atoms with Crippen LogP contribution in [0.3, 0.4) is 0 Å². The molecule has 0 unspecified atom stereocenters. The van der Waals surface area contributed by atoms with E-state index in [0.29, 0.717) is 18.7 Å². The van der Waals surface area contributed by atoms with Gasteiger partial charge in [-0.25, -0.2) is 0 Å². The minimum absolute atomic E-state index is 0.0300. The zero-order valence-corrected chi connectivity index (χ0v) is 14.7. The number of nitrogens with zero attached hydrogens (tertiary/aromatic N) is 1. The monoisotopic (exact) mass is 378 g/mol. The van der Waals surface area contributed by atoms with Crippen molar-refractivity contribution in [3.63, 3.8) is 0 Å². The lowest BCUT2D eigenvalue weighted by Gasteiger charge is -2.08. The summed E-state index contributed by atoms with van der Waals surface area (Å²) in [6.45, 7) is -0.654. The molecule has 1 N–H and O–H groups in total. The molecule has 0 aliphatic heterocycles. The standard InChI is InChI=1S/C19H20F2N2O4/c1-14-5-4-7-16(11-14)25-10-9-22-18(24)13-26-23-12-15-6-2-3-8-17(15)27-19(20)21/h2-8,11-12,19H,9-10,13H2,1H3,(H,22,24)/b23-12-. The molecule has 0 aromatic heterocycles. The van der Waals surface area contributed by atoms with E-state index in [4.69, 9.17) is 9.57 Å². The van der Waals surface area contributed by atoms with Gasteiger partial charge in [-0.15, -0.1) is 0 Å². The summed E-state index contributed by atoms with van der Waals surface area (Å²) in [5.41, 5.74) is 1.40. The molecule has 0 bridgehead atoms. The van der Waals surface area contributed by atoms with Crippen LogP contribution in [0.5, 0.6) is 11.5 Å². The number of nitrogens with one attached hydrogen (secondary N) is 1. The molecule has 2 aromatic rings. The molecule has 2 rings (SSSR count). The van der Waals surface area contributed by atoms with Crippen molar-refractivity contribution in [1.82, 2.24) is 5.32 Å². The SMILES string of the molecule is Cc1cccc(OCCNC(=O)CO/N=C\c2ccccc2OC(F)F)c1. The fourth-order valence-corrected chi connectivity index (χ4v) is 2.10. The van der Waals surface area contributed by atoms with Crippen LogP contribution in [0.25, 0.3) is 0 Å². The van der Waals surface area contributed by atoms with Crippen LogP contribution in [0, 0.1) is 6.92 Å². The summed E-state index contributed by atoms with van der Waals surface area (Å²) in [6.07, 6.45) is 1.20. The average molecular weight is 378 g/mol. The van der Waals surface area contributed by atoms with E-state index in [1.165, 1.54) is 18.3 Å². The Labute approximate surface area is 155 Å². The van der Waals surface area contributed by atoms with Crippen molar-refractivity contribution in [3.05, 3.63) is 59.7 Å². The Morgan fingerprint density at radius 1 is 1.22 bits per heavy atom. The van der Waals surface area contributed by atoms with Gasteiger partial charge in [-0.05, 0) is 36.8 Å². The Bertz CT molecular complexity index is 769. The average Bonchev–Trinajstić information content (AvgIpc) is 2.63. The summed E-state index contributed by atoms with van der Waals surface area (Å²) in [6, 6.07) is 13.7. The third-order valence-electron chi connectivity index (χ3n) is 3.28. The molecule has 0 aliphatic carbocycles. The summed E-state index contributed by atoms with van der Waals surface area (Å²) in [7, 11) is 0. The first-order valence-electron chi connectivity index (χ1n) is 8.20. The normalized spacial score (nSPS) is 10.8. The van der Waals surface area contributed by atoms with Crippen molar-refractivity contribution in [2.24, 2.45) is 5.16 Å². The Hall–Kier alpha value is -3.16. The number of ether oxygens (including phenoxy) is 2. The minimum atomic E-state index is -2.94. The van der Waals surface area contributed by atoms with E-state index in [-0.39, 0.29) is 18.3 Å². The number of amides is 1. The highest BCUT2D eigenvalue weighted by atomic mass is 19.3. The highest BCUT2D eigenvalue weighted by molar-refractivity contribution is 5.83. The molecule has 27 heavy (non-hydrogen) atoms. The molecule has 0 fully saturated rings.